The Balaban J connectivity index is 1.36. The number of nitrogens with zero attached hydrogens (tertiary/aromatic N) is 2. The van der Waals surface area contributed by atoms with Gasteiger partial charge in [-0.3, -0.25) is 28.9 Å². The lowest BCUT2D eigenvalue weighted by atomic mass is 9.49. The number of halogens is 1. The molecule has 2 saturated heterocycles. The Morgan fingerprint density at radius 2 is 1.62 bits per heavy atom. The number of likely N-dealkylation sites (tertiary alicyclic amines) is 1. The van der Waals surface area contributed by atoms with Crippen LogP contribution in [0.3, 0.4) is 0 Å². The third kappa shape index (κ3) is 4.56. The minimum Gasteiger partial charge on any atom is -0.507 e. The number of anilines is 1. The van der Waals surface area contributed by atoms with E-state index < -0.39 is 58.7 Å². The third-order valence-electron chi connectivity index (χ3n) is 11.3. The van der Waals surface area contributed by atoms with Crippen LogP contribution in [0.15, 0.2) is 103 Å². The Kier molecular flexibility index (Phi) is 7.64. The molecule has 0 unspecified atom stereocenters. The summed E-state index contributed by atoms with van der Waals surface area (Å²) in [6.45, 7) is -0.00868. The molecule has 4 amide bonds. The first-order valence-corrected chi connectivity index (χ1v) is 17.2. The number of hydrogen-bond acceptors (Lipinski definition) is 6. The number of carboxylic acids is 1. The molecule has 3 fully saturated rings. The minimum atomic E-state index is -1.51. The molecule has 0 spiro atoms. The number of benzene rings is 4. The first-order valence-electron chi connectivity index (χ1n) is 16.8. The van der Waals surface area contributed by atoms with E-state index in [-0.39, 0.29) is 43.9 Å². The lowest BCUT2D eigenvalue weighted by Crippen LogP contribution is -2.53. The topological polar surface area (TPSA) is 132 Å². The van der Waals surface area contributed by atoms with E-state index in [4.69, 9.17) is 11.6 Å². The number of rotatable bonds is 7. The Bertz CT molecular complexity index is 2150. The van der Waals surface area contributed by atoms with Crippen LogP contribution in [0.25, 0.3) is 10.8 Å². The van der Waals surface area contributed by atoms with Crippen molar-refractivity contribution in [2.24, 2.45) is 23.7 Å². The summed E-state index contributed by atoms with van der Waals surface area (Å²) in [6, 6.07) is 26.8. The number of phenolic OH excluding ortho intramolecular Hbond substituents is 1. The predicted octanol–water partition coefficient (Wildman–Crippen LogP) is 6.23. The molecule has 2 heterocycles. The normalized spacial score (nSPS) is 27.3. The van der Waals surface area contributed by atoms with Crippen LogP contribution in [0, 0.1) is 23.7 Å². The Labute approximate surface area is 292 Å². The molecule has 10 heteroatoms. The van der Waals surface area contributed by atoms with Crippen molar-refractivity contribution in [1.29, 1.82) is 0 Å². The summed E-state index contributed by atoms with van der Waals surface area (Å²) in [5.41, 5.74) is 0.611. The van der Waals surface area contributed by atoms with E-state index >= 15 is 4.79 Å². The molecule has 8 rings (SSSR count). The van der Waals surface area contributed by atoms with Crippen molar-refractivity contribution in [2.75, 3.05) is 11.4 Å². The molecule has 252 valence electrons. The molecule has 4 aliphatic rings. The van der Waals surface area contributed by atoms with Crippen molar-refractivity contribution in [1.82, 2.24) is 4.90 Å². The summed E-state index contributed by atoms with van der Waals surface area (Å²) < 4.78 is 0. The molecular weight excluding hydrogens is 656 g/mol. The third-order valence-corrected chi connectivity index (χ3v) is 11.5. The maximum Gasteiger partial charge on any atom is 0.303 e. The van der Waals surface area contributed by atoms with Crippen molar-refractivity contribution < 1.29 is 34.2 Å². The summed E-state index contributed by atoms with van der Waals surface area (Å²) in [5.74, 6) is -6.56. The van der Waals surface area contributed by atoms with Crippen LogP contribution in [0.2, 0.25) is 5.02 Å². The second-order valence-electron chi connectivity index (χ2n) is 13.6. The molecule has 0 bridgehead atoms. The maximum atomic E-state index is 15.4. The molecule has 4 aromatic carbocycles. The van der Waals surface area contributed by atoms with E-state index in [1.165, 1.54) is 9.80 Å². The number of amides is 4. The highest BCUT2D eigenvalue weighted by molar-refractivity contribution is 6.32. The number of aliphatic carboxylic acids is 1. The second kappa shape index (κ2) is 11.9. The second-order valence-corrected chi connectivity index (χ2v) is 14.1. The number of carbonyl (C=O) groups is 5. The summed E-state index contributed by atoms with van der Waals surface area (Å²) in [4.78, 5) is 71.7. The van der Waals surface area contributed by atoms with Gasteiger partial charge in [-0.05, 0) is 54.3 Å². The largest absolute Gasteiger partial charge is 0.507 e. The number of fused-ring (bicyclic) bond motifs is 5. The molecule has 50 heavy (non-hydrogen) atoms. The van der Waals surface area contributed by atoms with Gasteiger partial charge >= 0.3 is 5.97 Å². The number of aromatic hydroxyl groups is 1. The van der Waals surface area contributed by atoms with Gasteiger partial charge in [0.15, 0.2) is 0 Å². The minimum absolute atomic E-state index is 0.00868. The van der Waals surface area contributed by atoms with Crippen molar-refractivity contribution in [3.8, 4) is 5.75 Å². The zero-order valence-electron chi connectivity index (χ0n) is 26.9. The molecule has 6 atom stereocenters. The fourth-order valence-corrected chi connectivity index (χ4v) is 9.45. The van der Waals surface area contributed by atoms with Gasteiger partial charge in [0.25, 0.3) is 0 Å². The van der Waals surface area contributed by atoms with Gasteiger partial charge in [-0.1, -0.05) is 96.0 Å². The fraction of sp³-hybridized carbons (Fsp3) is 0.275. The van der Waals surface area contributed by atoms with Crippen molar-refractivity contribution in [2.45, 2.75) is 37.0 Å². The average Bonchev–Trinajstić information content (AvgIpc) is 3.49. The molecule has 1 saturated carbocycles. The van der Waals surface area contributed by atoms with Gasteiger partial charge in [0, 0.05) is 34.9 Å². The zero-order chi connectivity index (χ0) is 34.9. The maximum absolute atomic E-state index is 15.4. The number of carbonyl (C=O) groups excluding carboxylic acids is 4. The number of carboxylic acid groups (broad SMARTS) is 1. The molecule has 0 aromatic heterocycles. The van der Waals surface area contributed by atoms with Crippen LogP contribution in [0.1, 0.15) is 42.7 Å². The Morgan fingerprint density at radius 3 is 2.38 bits per heavy atom. The number of hydrogen-bond donors (Lipinski definition) is 2. The lowest BCUT2D eigenvalue weighted by Gasteiger charge is -2.50. The Morgan fingerprint density at radius 1 is 0.860 bits per heavy atom. The number of allylic oxidation sites excluding steroid dienone is 2. The zero-order valence-corrected chi connectivity index (χ0v) is 27.6. The van der Waals surface area contributed by atoms with Gasteiger partial charge in [-0.15, -0.1) is 0 Å². The smallest absolute Gasteiger partial charge is 0.303 e. The van der Waals surface area contributed by atoms with Crippen LogP contribution in [-0.4, -0.2) is 51.3 Å². The van der Waals surface area contributed by atoms with E-state index in [1.807, 2.05) is 60.7 Å². The highest BCUT2D eigenvalue weighted by atomic mass is 35.5. The van der Waals surface area contributed by atoms with Gasteiger partial charge in [0.05, 0.1) is 28.9 Å². The van der Waals surface area contributed by atoms with Crippen LogP contribution in [-0.2, 0) is 29.4 Å². The fourth-order valence-electron chi connectivity index (χ4n) is 9.27. The molecule has 4 aromatic rings. The first-order chi connectivity index (χ1) is 24.1. The van der Waals surface area contributed by atoms with Crippen molar-refractivity contribution in [3.63, 3.8) is 0 Å². The standard InChI is InChI=1S/C40H33ClN2O7/c41-24-11-6-12-25(20-24)43-37(48)31-21-30-27(17-18-28-33(30)38(49)42(36(28)47)19-7-14-32(44)45)34(40(31,39(43)50)23-9-2-1-3-10-23)29-16-15-22-8-4-5-13-26(22)35(29)46/h1-6,8-13,15-17,20,28,30-31,33-34,46H,7,14,18-19,21H2,(H,44,45)/t28-,30+,31-,33-,34+,40+/m0/s1. The van der Waals surface area contributed by atoms with Crippen LogP contribution in [0.5, 0.6) is 5.75 Å². The van der Waals surface area contributed by atoms with Gasteiger partial charge < -0.3 is 10.2 Å². The summed E-state index contributed by atoms with van der Waals surface area (Å²) in [7, 11) is 0. The van der Waals surface area contributed by atoms with Crippen molar-refractivity contribution >= 4 is 57.7 Å². The van der Waals surface area contributed by atoms with E-state index in [0.717, 1.165) is 11.0 Å². The number of phenols is 1. The van der Waals surface area contributed by atoms with Crippen LogP contribution >= 0.6 is 11.6 Å². The van der Waals surface area contributed by atoms with Gasteiger partial charge in [-0.2, -0.15) is 0 Å². The Hall–Kier alpha value is -5.28. The van der Waals surface area contributed by atoms with E-state index in [9.17, 15) is 29.4 Å². The molecular formula is C40H33ClN2O7. The average molecular weight is 689 g/mol. The quantitative estimate of drug-likeness (QED) is 0.174. The summed E-state index contributed by atoms with van der Waals surface area (Å²) in [5, 5.41) is 23.0. The lowest BCUT2D eigenvalue weighted by molar-refractivity contribution is -0.142. The molecule has 2 aliphatic carbocycles. The SMILES string of the molecule is O=C(O)CCCN1C(=O)[C@H]2[C@H](CC=C3[C@H]2C[C@H]2C(=O)N(c4cccc(Cl)c4)C(=O)[C@@]2(c2ccccc2)[C@H]3c2ccc3ccccc3c2O)C1=O. The predicted molar refractivity (Wildman–Crippen MR) is 185 cm³/mol. The molecule has 0 radical (unpaired) electrons. The van der Waals surface area contributed by atoms with Crippen LogP contribution in [0.4, 0.5) is 5.69 Å². The molecule has 2 aliphatic heterocycles. The van der Waals surface area contributed by atoms with E-state index in [1.54, 1.807) is 36.4 Å². The van der Waals surface area contributed by atoms with Gasteiger partial charge in [-0.25, -0.2) is 4.90 Å². The molecule has 9 nitrogen and oxygen atoms in total. The van der Waals surface area contributed by atoms with E-state index in [0.29, 0.717) is 27.2 Å². The van der Waals surface area contributed by atoms with E-state index in [2.05, 4.69) is 0 Å². The monoisotopic (exact) mass is 688 g/mol. The summed E-state index contributed by atoms with van der Waals surface area (Å²) >= 11 is 6.38. The van der Waals surface area contributed by atoms with Crippen LogP contribution < -0.4 is 4.90 Å². The first kappa shape index (κ1) is 32.0. The number of imide groups is 2. The van der Waals surface area contributed by atoms with Gasteiger partial charge in [0.1, 0.15) is 5.75 Å². The summed E-state index contributed by atoms with van der Waals surface area (Å²) in [6.07, 6.45) is 2.25. The highest BCUT2D eigenvalue weighted by Gasteiger charge is 2.70. The van der Waals surface area contributed by atoms with Gasteiger partial charge in [0.2, 0.25) is 23.6 Å². The highest BCUT2D eigenvalue weighted by Crippen LogP contribution is 2.65. The molecule has 2 N–H and O–H groups in total. The van der Waals surface area contributed by atoms with Crippen molar-refractivity contribution in [3.05, 3.63) is 119 Å².